The fourth-order valence-corrected chi connectivity index (χ4v) is 2.54. The van der Waals surface area contributed by atoms with Crippen LogP contribution >= 0.6 is 0 Å². The number of nitro groups is 1. The molecule has 6 nitrogen and oxygen atoms in total. The first kappa shape index (κ1) is 15.5. The Morgan fingerprint density at radius 2 is 2.29 bits per heavy atom. The third kappa shape index (κ3) is 3.83. The van der Waals surface area contributed by atoms with E-state index in [0.717, 1.165) is 24.9 Å². The average molecular weight is 290 g/mol. The maximum atomic E-state index is 11.0. The maximum absolute atomic E-state index is 11.0. The Balaban J connectivity index is 2.24. The molecule has 0 bridgehead atoms. The fraction of sp³-hybridized carbons (Fsp3) is 0.429. The molecule has 112 valence electrons. The summed E-state index contributed by atoms with van der Waals surface area (Å²) in [6.07, 6.45) is 3.89. The second-order valence-corrected chi connectivity index (χ2v) is 5.20. The summed E-state index contributed by atoms with van der Waals surface area (Å²) in [5, 5.41) is 20.7. The van der Waals surface area contributed by atoms with Crippen molar-refractivity contribution in [2.75, 3.05) is 20.2 Å². The number of methoxy groups -OCH3 is 1. The van der Waals surface area contributed by atoms with Crippen molar-refractivity contribution in [2.24, 2.45) is 0 Å². The monoisotopic (exact) mass is 290 g/mol. The molecular formula is C14H19BN2O4. The number of hydrogen-bond acceptors (Lipinski definition) is 5. The van der Waals surface area contributed by atoms with Gasteiger partial charge in [-0.3, -0.25) is 10.1 Å². The lowest BCUT2D eigenvalue weighted by Crippen LogP contribution is -2.41. The number of nitrogens with zero attached hydrogens (tertiary/aromatic N) is 2. The minimum atomic E-state index is -0.473. The Bertz CT molecular complexity index is 560. The van der Waals surface area contributed by atoms with Crippen molar-refractivity contribution in [3.05, 3.63) is 39.4 Å². The highest BCUT2D eigenvalue weighted by molar-refractivity contribution is 6.45. The molecule has 1 saturated heterocycles. The van der Waals surface area contributed by atoms with Gasteiger partial charge in [0.15, 0.2) is 5.75 Å². The molecule has 1 N–H and O–H groups in total. The van der Waals surface area contributed by atoms with E-state index in [4.69, 9.17) is 4.74 Å². The fourth-order valence-electron chi connectivity index (χ4n) is 2.54. The summed E-state index contributed by atoms with van der Waals surface area (Å²) in [5.74, 6) is 0.261. The topological polar surface area (TPSA) is 75.8 Å². The molecule has 0 saturated carbocycles. The molecular weight excluding hydrogens is 271 g/mol. The molecule has 0 unspecified atom stereocenters. The van der Waals surface area contributed by atoms with Gasteiger partial charge in [-0.15, -0.1) is 0 Å². The Morgan fingerprint density at radius 3 is 2.90 bits per heavy atom. The van der Waals surface area contributed by atoms with Crippen molar-refractivity contribution in [1.29, 1.82) is 0 Å². The second-order valence-electron chi connectivity index (χ2n) is 5.20. The molecule has 1 aromatic carbocycles. The van der Waals surface area contributed by atoms with E-state index >= 15 is 0 Å². The van der Waals surface area contributed by atoms with E-state index < -0.39 is 12.0 Å². The predicted octanol–water partition coefficient (Wildman–Crippen LogP) is 2.19. The Labute approximate surface area is 124 Å². The van der Waals surface area contributed by atoms with Crippen LogP contribution in [0.1, 0.15) is 18.4 Å². The first-order valence-electron chi connectivity index (χ1n) is 6.95. The Morgan fingerprint density at radius 1 is 1.52 bits per heavy atom. The molecule has 1 fully saturated rings. The zero-order valence-corrected chi connectivity index (χ0v) is 12.3. The van der Waals surface area contributed by atoms with Crippen LogP contribution < -0.4 is 4.74 Å². The van der Waals surface area contributed by atoms with Crippen LogP contribution in [-0.4, -0.2) is 42.0 Å². The number of hydrogen-bond donors (Lipinski definition) is 1. The number of piperidine rings is 1. The zero-order chi connectivity index (χ0) is 15.4. The standard InChI is InChI=1S/C14H19BN2O4/c1-15(18)16-7-3-4-12(10-16)8-11-5-6-14(21-2)13(9-11)17(19)20/h5-6,8-9,18H,3-4,7,10H2,1-2H3. The van der Waals surface area contributed by atoms with E-state index in [-0.39, 0.29) is 11.4 Å². The van der Waals surface area contributed by atoms with Gasteiger partial charge in [0.25, 0.3) is 0 Å². The average Bonchev–Trinajstić information content (AvgIpc) is 2.47. The first-order chi connectivity index (χ1) is 10.0. The van der Waals surface area contributed by atoms with Crippen molar-refractivity contribution in [2.45, 2.75) is 19.7 Å². The molecule has 1 aliphatic rings. The SMILES string of the molecule is COc1ccc(C=C2CCCN(B(C)O)C2)cc1[N+](=O)[O-]. The highest BCUT2D eigenvalue weighted by atomic mass is 16.6. The van der Waals surface area contributed by atoms with E-state index in [9.17, 15) is 15.1 Å². The third-order valence-corrected chi connectivity index (χ3v) is 3.65. The zero-order valence-electron chi connectivity index (χ0n) is 12.3. The predicted molar refractivity (Wildman–Crippen MR) is 82.3 cm³/mol. The minimum Gasteiger partial charge on any atom is -0.490 e. The van der Waals surface area contributed by atoms with Gasteiger partial charge in [0.1, 0.15) is 0 Å². The quantitative estimate of drug-likeness (QED) is 0.522. The van der Waals surface area contributed by atoms with Crippen molar-refractivity contribution < 1.29 is 14.7 Å². The van der Waals surface area contributed by atoms with Crippen molar-refractivity contribution >= 4 is 18.8 Å². The van der Waals surface area contributed by atoms with Crippen LogP contribution in [0.5, 0.6) is 5.75 Å². The molecule has 7 heteroatoms. The van der Waals surface area contributed by atoms with Gasteiger partial charge in [-0.05, 0) is 37.8 Å². The second kappa shape index (κ2) is 6.73. The lowest BCUT2D eigenvalue weighted by molar-refractivity contribution is -0.385. The first-order valence-corrected chi connectivity index (χ1v) is 6.95. The number of benzene rings is 1. The van der Waals surface area contributed by atoms with Crippen LogP contribution in [0.3, 0.4) is 0 Å². The van der Waals surface area contributed by atoms with Gasteiger partial charge >= 0.3 is 12.7 Å². The molecule has 0 aromatic heterocycles. The minimum absolute atomic E-state index is 0.0324. The van der Waals surface area contributed by atoms with Crippen LogP contribution in [-0.2, 0) is 0 Å². The normalized spacial score (nSPS) is 17.8. The third-order valence-electron chi connectivity index (χ3n) is 3.65. The molecule has 1 heterocycles. The highest BCUT2D eigenvalue weighted by Gasteiger charge is 2.21. The summed E-state index contributed by atoms with van der Waals surface area (Å²) in [6.45, 7) is 3.32. The molecule has 0 spiro atoms. The van der Waals surface area contributed by atoms with E-state index in [2.05, 4.69) is 0 Å². The van der Waals surface area contributed by atoms with E-state index in [1.807, 2.05) is 10.9 Å². The van der Waals surface area contributed by atoms with E-state index in [1.54, 1.807) is 19.0 Å². The summed E-state index contributed by atoms with van der Waals surface area (Å²) >= 11 is 0. The molecule has 2 rings (SSSR count). The van der Waals surface area contributed by atoms with Crippen LogP contribution in [0.4, 0.5) is 5.69 Å². The van der Waals surface area contributed by atoms with Gasteiger partial charge in [-0.2, -0.15) is 0 Å². The van der Waals surface area contributed by atoms with Crippen LogP contribution in [0.15, 0.2) is 23.8 Å². The van der Waals surface area contributed by atoms with Gasteiger partial charge in [0, 0.05) is 12.6 Å². The lowest BCUT2D eigenvalue weighted by Gasteiger charge is -2.29. The number of rotatable bonds is 4. The van der Waals surface area contributed by atoms with Crippen LogP contribution in [0.2, 0.25) is 6.82 Å². The largest absolute Gasteiger partial charge is 0.490 e. The Kier molecular flexibility index (Phi) is 4.98. The van der Waals surface area contributed by atoms with Gasteiger partial charge in [0.2, 0.25) is 0 Å². The molecule has 1 aromatic rings. The van der Waals surface area contributed by atoms with Gasteiger partial charge < -0.3 is 14.6 Å². The maximum Gasteiger partial charge on any atom is 0.376 e. The summed E-state index contributed by atoms with van der Waals surface area (Å²) in [4.78, 5) is 12.6. The highest BCUT2D eigenvalue weighted by Crippen LogP contribution is 2.29. The number of ether oxygens (including phenoxy) is 1. The molecule has 21 heavy (non-hydrogen) atoms. The lowest BCUT2D eigenvalue weighted by atomic mass is 9.82. The summed E-state index contributed by atoms with van der Waals surface area (Å²) in [5.41, 5.74) is 1.92. The van der Waals surface area contributed by atoms with Gasteiger partial charge in [0.05, 0.1) is 12.0 Å². The molecule has 0 amide bonds. The van der Waals surface area contributed by atoms with Crippen LogP contribution in [0.25, 0.3) is 6.08 Å². The molecule has 0 radical (unpaired) electrons. The summed E-state index contributed by atoms with van der Waals surface area (Å²) < 4.78 is 5.00. The smallest absolute Gasteiger partial charge is 0.376 e. The number of nitro benzene ring substituents is 1. The van der Waals surface area contributed by atoms with Crippen molar-refractivity contribution in [3.8, 4) is 5.75 Å². The summed E-state index contributed by atoms with van der Waals surface area (Å²) in [6, 6.07) is 4.94. The molecule has 0 aliphatic carbocycles. The van der Waals surface area contributed by atoms with E-state index in [1.165, 1.54) is 18.7 Å². The van der Waals surface area contributed by atoms with Crippen molar-refractivity contribution in [1.82, 2.24) is 4.81 Å². The van der Waals surface area contributed by atoms with Gasteiger partial charge in [-0.25, -0.2) is 0 Å². The molecule has 1 aliphatic heterocycles. The van der Waals surface area contributed by atoms with Crippen LogP contribution in [0, 0.1) is 10.1 Å². The van der Waals surface area contributed by atoms with E-state index in [0.29, 0.717) is 6.54 Å². The van der Waals surface area contributed by atoms with Gasteiger partial charge in [-0.1, -0.05) is 17.7 Å². The summed E-state index contributed by atoms with van der Waals surface area (Å²) in [7, 11) is 0.946. The molecule has 0 atom stereocenters. The Hall–Kier alpha value is -1.86. The van der Waals surface area contributed by atoms with Crippen molar-refractivity contribution in [3.63, 3.8) is 0 Å².